The SMILES string of the molecule is NCCCCCCS(=O)(=O)NC(=O)NC1CCCCC1. The Hall–Kier alpha value is -0.820. The Labute approximate surface area is 121 Å². The maximum atomic E-state index is 11.7. The first kappa shape index (κ1) is 17.2. The van der Waals surface area contributed by atoms with Crippen molar-refractivity contribution in [2.24, 2.45) is 5.73 Å². The average Bonchev–Trinajstić information content (AvgIpc) is 2.38. The van der Waals surface area contributed by atoms with Crippen LogP contribution in [0.2, 0.25) is 0 Å². The Morgan fingerprint density at radius 2 is 1.70 bits per heavy atom. The molecule has 0 aliphatic heterocycles. The lowest BCUT2D eigenvalue weighted by Crippen LogP contribution is -2.45. The summed E-state index contributed by atoms with van der Waals surface area (Å²) in [4.78, 5) is 11.6. The maximum absolute atomic E-state index is 11.7. The van der Waals surface area contributed by atoms with E-state index in [1.165, 1.54) is 6.42 Å². The molecule has 1 fully saturated rings. The van der Waals surface area contributed by atoms with Gasteiger partial charge in [-0.05, 0) is 32.2 Å². The van der Waals surface area contributed by atoms with Gasteiger partial charge in [0, 0.05) is 6.04 Å². The van der Waals surface area contributed by atoms with Crippen LogP contribution >= 0.6 is 0 Å². The fraction of sp³-hybridized carbons (Fsp3) is 0.923. The first-order chi connectivity index (χ1) is 9.53. The molecule has 1 saturated carbocycles. The molecule has 1 aliphatic carbocycles. The van der Waals surface area contributed by atoms with Gasteiger partial charge in [0.1, 0.15) is 0 Å². The number of hydrogen-bond acceptors (Lipinski definition) is 4. The first-order valence-corrected chi connectivity index (χ1v) is 9.20. The molecule has 7 heteroatoms. The molecule has 0 spiro atoms. The number of urea groups is 1. The smallest absolute Gasteiger partial charge is 0.328 e. The van der Waals surface area contributed by atoms with Crippen LogP contribution in [0, 0.1) is 0 Å². The van der Waals surface area contributed by atoms with E-state index >= 15 is 0 Å². The highest BCUT2D eigenvalue weighted by atomic mass is 32.2. The van der Waals surface area contributed by atoms with Gasteiger partial charge in [0.15, 0.2) is 0 Å². The minimum absolute atomic E-state index is 0.00431. The van der Waals surface area contributed by atoms with Crippen molar-refractivity contribution in [2.45, 2.75) is 63.8 Å². The van der Waals surface area contributed by atoms with Gasteiger partial charge in [-0.3, -0.25) is 0 Å². The van der Waals surface area contributed by atoms with Crippen LogP contribution < -0.4 is 15.8 Å². The molecule has 0 aromatic rings. The summed E-state index contributed by atoms with van der Waals surface area (Å²) in [6.45, 7) is 0.634. The van der Waals surface area contributed by atoms with Crippen LogP contribution in [-0.2, 0) is 10.0 Å². The van der Waals surface area contributed by atoms with Gasteiger partial charge in [-0.2, -0.15) is 0 Å². The van der Waals surface area contributed by atoms with E-state index in [-0.39, 0.29) is 11.8 Å². The third-order valence-corrected chi connectivity index (χ3v) is 4.88. The Bertz CT molecular complexity index is 378. The Kier molecular flexibility index (Phi) is 7.91. The number of carbonyl (C=O) groups is 1. The van der Waals surface area contributed by atoms with Crippen LogP contribution in [0.25, 0.3) is 0 Å². The monoisotopic (exact) mass is 305 g/mol. The molecule has 20 heavy (non-hydrogen) atoms. The molecule has 0 bridgehead atoms. The molecule has 0 saturated heterocycles. The van der Waals surface area contributed by atoms with Crippen molar-refractivity contribution in [2.75, 3.05) is 12.3 Å². The van der Waals surface area contributed by atoms with Crippen molar-refractivity contribution < 1.29 is 13.2 Å². The zero-order chi connectivity index (χ0) is 14.8. The molecular formula is C13H27N3O3S. The van der Waals surface area contributed by atoms with Gasteiger partial charge in [-0.15, -0.1) is 0 Å². The van der Waals surface area contributed by atoms with Crippen LogP contribution in [-0.4, -0.2) is 32.8 Å². The molecule has 0 heterocycles. The largest absolute Gasteiger partial charge is 0.335 e. The van der Waals surface area contributed by atoms with E-state index in [1.54, 1.807) is 0 Å². The van der Waals surface area contributed by atoms with Crippen molar-refractivity contribution in [1.29, 1.82) is 0 Å². The third-order valence-electron chi connectivity index (χ3n) is 3.56. The summed E-state index contributed by atoms with van der Waals surface area (Å²) >= 11 is 0. The van der Waals surface area contributed by atoms with Gasteiger partial charge in [-0.25, -0.2) is 17.9 Å². The summed E-state index contributed by atoms with van der Waals surface area (Å²) < 4.78 is 25.5. The number of nitrogens with two attached hydrogens (primary N) is 1. The topological polar surface area (TPSA) is 101 Å². The molecule has 2 amide bonds. The standard InChI is InChI=1S/C13H27N3O3S/c14-10-6-1-2-7-11-20(18,19)16-13(17)15-12-8-4-3-5-9-12/h12H,1-11,14H2,(H2,15,16,17). The highest BCUT2D eigenvalue weighted by Gasteiger charge is 2.19. The maximum Gasteiger partial charge on any atom is 0.328 e. The lowest BCUT2D eigenvalue weighted by atomic mass is 9.96. The quantitative estimate of drug-likeness (QED) is 0.591. The lowest BCUT2D eigenvalue weighted by Gasteiger charge is -2.22. The second-order valence-electron chi connectivity index (χ2n) is 5.43. The number of carbonyl (C=O) groups excluding carboxylic acids is 1. The average molecular weight is 305 g/mol. The van der Waals surface area contributed by atoms with Crippen LogP contribution in [0.3, 0.4) is 0 Å². The second kappa shape index (κ2) is 9.18. The molecular weight excluding hydrogens is 278 g/mol. The van der Waals surface area contributed by atoms with E-state index < -0.39 is 16.1 Å². The summed E-state index contributed by atoms with van der Waals surface area (Å²) in [6, 6.07) is -0.470. The van der Waals surface area contributed by atoms with E-state index in [0.717, 1.165) is 44.9 Å². The molecule has 6 nitrogen and oxygen atoms in total. The van der Waals surface area contributed by atoms with E-state index in [0.29, 0.717) is 13.0 Å². The summed E-state index contributed by atoms with van der Waals surface area (Å²) in [5, 5.41) is 2.74. The van der Waals surface area contributed by atoms with Crippen LogP contribution in [0.15, 0.2) is 0 Å². The van der Waals surface area contributed by atoms with E-state index in [2.05, 4.69) is 10.0 Å². The van der Waals surface area contributed by atoms with Crippen molar-refractivity contribution >= 4 is 16.1 Å². The van der Waals surface area contributed by atoms with Gasteiger partial charge in [0.25, 0.3) is 0 Å². The molecule has 0 radical (unpaired) electrons. The summed E-state index contributed by atoms with van der Waals surface area (Å²) in [6.07, 6.45) is 8.49. The minimum atomic E-state index is -3.51. The summed E-state index contributed by atoms with van der Waals surface area (Å²) in [7, 11) is -3.51. The number of nitrogens with one attached hydrogen (secondary N) is 2. The fourth-order valence-electron chi connectivity index (χ4n) is 2.44. The first-order valence-electron chi connectivity index (χ1n) is 7.54. The van der Waals surface area contributed by atoms with E-state index in [4.69, 9.17) is 5.73 Å². The van der Waals surface area contributed by atoms with E-state index in [9.17, 15) is 13.2 Å². The van der Waals surface area contributed by atoms with Crippen molar-refractivity contribution in [3.63, 3.8) is 0 Å². The van der Waals surface area contributed by atoms with Gasteiger partial charge >= 0.3 is 6.03 Å². The molecule has 0 aromatic carbocycles. The zero-order valence-electron chi connectivity index (χ0n) is 12.1. The number of hydrogen-bond donors (Lipinski definition) is 3. The zero-order valence-corrected chi connectivity index (χ0v) is 12.9. The van der Waals surface area contributed by atoms with Crippen molar-refractivity contribution in [3.8, 4) is 0 Å². The molecule has 0 unspecified atom stereocenters. The van der Waals surface area contributed by atoms with Gasteiger partial charge in [0.05, 0.1) is 5.75 Å². The predicted molar refractivity (Wildman–Crippen MR) is 79.8 cm³/mol. The predicted octanol–water partition coefficient (Wildman–Crippen LogP) is 1.47. The van der Waals surface area contributed by atoms with Gasteiger partial charge in [-0.1, -0.05) is 32.1 Å². The molecule has 0 atom stereocenters. The highest BCUT2D eigenvalue weighted by Crippen LogP contribution is 2.17. The normalized spacial score (nSPS) is 16.9. The highest BCUT2D eigenvalue weighted by molar-refractivity contribution is 7.90. The fourth-order valence-corrected chi connectivity index (χ4v) is 3.47. The number of amides is 2. The number of sulfonamides is 1. The summed E-state index contributed by atoms with van der Waals surface area (Å²) in [5.74, 6) is -0.00431. The van der Waals surface area contributed by atoms with Crippen LogP contribution in [0.5, 0.6) is 0 Å². The Balaban J connectivity index is 2.21. The van der Waals surface area contributed by atoms with E-state index in [1.807, 2.05) is 0 Å². The lowest BCUT2D eigenvalue weighted by molar-refractivity contribution is 0.237. The molecule has 0 aromatic heterocycles. The van der Waals surface area contributed by atoms with Crippen LogP contribution in [0.4, 0.5) is 4.79 Å². The molecule has 1 rings (SSSR count). The number of unbranched alkanes of at least 4 members (excludes halogenated alkanes) is 3. The van der Waals surface area contributed by atoms with Crippen molar-refractivity contribution in [3.05, 3.63) is 0 Å². The number of rotatable bonds is 8. The Morgan fingerprint density at radius 3 is 2.35 bits per heavy atom. The molecule has 118 valence electrons. The van der Waals surface area contributed by atoms with Crippen molar-refractivity contribution in [1.82, 2.24) is 10.0 Å². The van der Waals surface area contributed by atoms with Crippen LogP contribution in [0.1, 0.15) is 57.8 Å². The third kappa shape index (κ3) is 7.69. The van der Waals surface area contributed by atoms with Gasteiger partial charge in [0.2, 0.25) is 10.0 Å². The molecule has 1 aliphatic rings. The second-order valence-corrected chi connectivity index (χ2v) is 7.27. The minimum Gasteiger partial charge on any atom is -0.335 e. The summed E-state index contributed by atoms with van der Waals surface area (Å²) in [5.41, 5.74) is 5.37. The molecule has 4 N–H and O–H groups in total. The Morgan fingerprint density at radius 1 is 1.05 bits per heavy atom. The van der Waals surface area contributed by atoms with Gasteiger partial charge < -0.3 is 11.1 Å².